The second-order valence-electron chi connectivity index (χ2n) is 5.85. The second-order valence-corrected chi connectivity index (χ2v) is 5.85. The average Bonchev–Trinajstić information content (AvgIpc) is 2.86. The highest BCUT2D eigenvalue weighted by Gasteiger charge is 2.25. The smallest absolute Gasteiger partial charge is 0.386 e. The summed E-state index contributed by atoms with van der Waals surface area (Å²) in [5, 5.41) is 8.62. The Balaban J connectivity index is 0.000000422. The van der Waals surface area contributed by atoms with Crippen LogP contribution in [0, 0.1) is 5.92 Å². The zero-order valence-electron chi connectivity index (χ0n) is 12.8. The number of aliphatic carboxylic acids is 1. The first-order valence-electron chi connectivity index (χ1n) is 7.59. The van der Waals surface area contributed by atoms with Crippen LogP contribution < -0.4 is 0 Å². The maximum atomic E-state index is 10.5. The fraction of sp³-hybridized carbons (Fsp3) is 0.588. The van der Waals surface area contributed by atoms with Crippen molar-refractivity contribution in [2.75, 3.05) is 0 Å². The standard InChI is InChI=1S/C15H20O2.C2H3F3/c16-15(17)8-4-5-12-9-10-14(11-12)13-6-2-1-3-7-13;1-2(3,4)5/h1-3,6-7,12,14H,4-5,8-11H2,(H,16,17);1H3. The minimum absolute atomic E-state index is 0.188. The van der Waals surface area contributed by atoms with Gasteiger partial charge in [0.05, 0.1) is 0 Å². The average molecular weight is 316 g/mol. The Labute approximate surface area is 129 Å². The van der Waals surface area contributed by atoms with Crippen LogP contribution in [0.25, 0.3) is 0 Å². The number of carbonyl (C=O) groups is 1. The molecule has 2 unspecified atom stereocenters. The topological polar surface area (TPSA) is 37.3 Å². The Bertz CT molecular complexity index is 437. The van der Waals surface area contributed by atoms with Gasteiger partial charge in [-0.05, 0) is 49.5 Å². The molecule has 1 fully saturated rings. The summed E-state index contributed by atoms with van der Waals surface area (Å²) in [6.07, 6.45) is 2.01. The third kappa shape index (κ3) is 8.70. The van der Waals surface area contributed by atoms with E-state index in [-0.39, 0.29) is 6.92 Å². The van der Waals surface area contributed by atoms with Crippen LogP contribution in [0.15, 0.2) is 30.3 Å². The van der Waals surface area contributed by atoms with Crippen molar-refractivity contribution < 1.29 is 23.1 Å². The lowest BCUT2D eigenvalue weighted by Gasteiger charge is -2.11. The molecule has 0 aromatic heterocycles. The van der Waals surface area contributed by atoms with Crippen molar-refractivity contribution in [2.45, 2.75) is 57.5 Å². The van der Waals surface area contributed by atoms with Crippen LogP contribution >= 0.6 is 0 Å². The van der Waals surface area contributed by atoms with Gasteiger partial charge in [-0.2, -0.15) is 13.2 Å². The molecule has 0 saturated heterocycles. The van der Waals surface area contributed by atoms with Gasteiger partial charge in [-0.25, -0.2) is 0 Å². The van der Waals surface area contributed by atoms with Gasteiger partial charge >= 0.3 is 12.1 Å². The minimum atomic E-state index is -4.00. The van der Waals surface area contributed by atoms with Gasteiger partial charge in [-0.15, -0.1) is 0 Å². The number of carboxylic acids is 1. The highest BCUT2D eigenvalue weighted by molar-refractivity contribution is 5.66. The van der Waals surface area contributed by atoms with Gasteiger partial charge in [-0.1, -0.05) is 30.3 Å². The van der Waals surface area contributed by atoms with Crippen molar-refractivity contribution in [1.29, 1.82) is 0 Å². The summed E-state index contributed by atoms with van der Waals surface area (Å²) in [5.74, 6) is 0.771. The molecule has 1 aliphatic rings. The Morgan fingerprint density at radius 1 is 1.23 bits per heavy atom. The molecule has 1 aromatic rings. The molecule has 0 aliphatic heterocycles. The van der Waals surface area contributed by atoms with Gasteiger partial charge in [-0.3, -0.25) is 4.79 Å². The first-order valence-corrected chi connectivity index (χ1v) is 7.59. The Hall–Kier alpha value is -1.52. The number of hydrogen-bond donors (Lipinski definition) is 1. The molecule has 0 spiro atoms. The molecule has 2 rings (SSSR count). The van der Waals surface area contributed by atoms with Crippen LogP contribution in [-0.4, -0.2) is 17.3 Å². The van der Waals surface area contributed by atoms with Crippen LogP contribution in [-0.2, 0) is 4.79 Å². The molecule has 0 bridgehead atoms. The van der Waals surface area contributed by atoms with E-state index in [4.69, 9.17) is 5.11 Å². The molecule has 0 radical (unpaired) electrons. The van der Waals surface area contributed by atoms with Gasteiger partial charge in [0, 0.05) is 13.3 Å². The Kier molecular flexibility index (Phi) is 7.42. The molecule has 2 atom stereocenters. The second kappa shape index (κ2) is 8.81. The minimum Gasteiger partial charge on any atom is -0.481 e. The van der Waals surface area contributed by atoms with E-state index in [0.717, 1.165) is 18.8 Å². The van der Waals surface area contributed by atoms with Crippen LogP contribution in [0.4, 0.5) is 13.2 Å². The van der Waals surface area contributed by atoms with Crippen LogP contribution in [0.2, 0.25) is 0 Å². The third-order valence-electron chi connectivity index (χ3n) is 3.82. The van der Waals surface area contributed by atoms with E-state index in [9.17, 15) is 18.0 Å². The number of benzene rings is 1. The number of carboxylic acid groups (broad SMARTS) is 1. The Morgan fingerprint density at radius 3 is 2.36 bits per heavy atom. The van der Waals surface area contributed by atoms with Crippen molar-refractivity contribution in [3.05, 3.63) is 35.9 Å². The summed E-state index contributed by atoms with van der Waals surface area (Å²) in [7, 11) is 0. The normalized spacial score (nSPS) is 21.1. The predicted octanol–water partition coefficient (Wildman–Crippen LogP) is 5.39. The molecule has 0 amide bonds. The maximum Gasteiger partial charge on any atom is 0.386 e. The molecule has 22 heavy (non-hydrogen) atoms. The maximum absolute atomic E-state index is 10.5. The molecular weight excluding hydrogens is 293 g/mol. The predicted molar refractivity (Wildman–Crippen MR) is 79.7 cm³/mol. The molecule has 1 N–H and O–H groups in total. The third-order valence-corrected chi connectivity index (χ3v) is 3.82. The van der Waals surface area contributed by atoms with Gasteiger partial charge in [0.15, 0.2) is 0 Å². The van der Waals surface area contributed by atoms with Gasteiger partial charge in [0.1, 0.15) is 0 Å². The van der Waals surface area contributed by atoms with Crippen molar-refractivity contribution in [1.82, 2.24) is 0 Å². The van der Waals surface area contributed by atoms with Crippen molar-refractivity contribution in [2.24, 2.45) is 5.92 Å². The van der Waals surface area contributed by atoms with Crippen LogP contribution in [0.5, 0.6) is 0 Å². The molecule has 5 heteroatoms. The molecule has 124 valence electrons. The van der Waals surface area contributed by atoms with Crippen LogP contribution in [0.1, 0.15) is 56.9 Å². The van der Waals surface area contributed by atoms with Crippen LogP contribution in [0.3, 0.4) is 0 Å². The summed E-state index contributed by atoms with van der Waals surface area (Å²) in [6.45, 7) is 0.188. The lowest BCUT2D eigenvalue weighted by Crippen LogP contribution is -1.99. The molecule has 0 heterocycles. The number of hydrogen-bond acceptors (Lipinski definition) is 1. The van der Waals surface area contributed by atoms with E-state index in [1.54, 1.807) is 0 Å². The van der Waals surface area contributed by atoms with Gasteiger partial charge in [0.2, 0.25) is 0 Å². The zero-order valence-corrected chi connectivity index (χ0v) is 12.8. The van der Waals surface area contributed by atoms with E-state index < -0.39 is 12.1 Å². The summed E-state index contributed by atoms with van der Waals surface area (Å²) in [4.78, 5) is 10.5. The Morgan fingerprint density at radius 2 is 1.82 bits per heavy atom. The van der Waals surface area contributed by atoms with Crippen molar-refractivity contribution in [3.8, 4) is 0 Å². The van der Waals surface area contributed by atoms with Crippen molar-refractivity contribution in [3.63, 3.8) is 0 Å². The van der Waals surface area contributed by atoms with E-state index in [2.05, 4.69) is 30.3 Å². The number of alkyl halides is 3. The highest BCUT2D eigenvalue weighted by Crippen LogP contribution is 2.40. The van der Waals surface area contributed by atoms with Gasteiger partial charge in [0.25, 0.3) is 0 Å². The first-order chi connectivity index (χ1) is 10.3. The van der Waals surface area contributed by atoms with E-state index in [1.807, 2.05) is 0 Å². The summed E-state index contributed by atoms with van der Waals surface area (Å²) >= 11 is 0. The lowest BCUT2D eigenvalue weighted by atomic mass is 9.94. The van der Waals surface area contributed by atoms with E-state index in [0.29, 0.717) is 12.3 Å². The quantitative estimate of drug-likeness (QED) is 0.790. The molecule has 1 saturated carbocycles. The zero-order chi connectivity index (χ0) is 16.6. The number of halogens is 3. The highest BCUT2D eigenvalue weighted by atomic mass is 19.4. The molecule has 1 aromatic carbocycles. The van der Waals surface area contributed by atoms with E-state index in [1.165, 1.54) is 24.8 Å². The molecular formula is C17H23F3O2. The lowest BCUT2D eigenvalue weighted by molar-refractivity contribution is -0.137. The summed E-state index contributed by atoms with van der Waals surface area (Å²) in [6, 6.07) is 10.7. The van der Waals surface area contributed by atoms with Gasteiger partial charge < -0.3 is 5.11 Å². The summed E-state index contributed by atoms with van der Waals surface area (Å²) < 4.78 is 31.1. The fourth-order valence-electron chi connectivity index (χ4n) is 2.91. The number of rotatable bonds is 5. The van der Waals surface area contributed by atoms with E-state index >= 15 is 0 Å². The van der Waals surface area contributed by atoms with Crippen molar-refractivity contribution >= 4 is 5.97 Å². The largest absolute Gasteiger partial charge is 0.481 e. The molecule has 1 aliphatic carbocycles. The monoisotopic (exact) mass is 316 g/mol. The molecule has 2 nitrogen and oxygen atoms in total. The first kappa shape index (κ1) is 18.5. The summed E-state index contributed by atoms with van der Waals surface area (Å²) in [5.41, 5.74) is 1.45. The SMILES string of the molecule is CC(F)(F)F.O=C(O)CCCC1CCC(c2ccccc2)C1. The fourth-order valence-corrected chi connectivity index (χ4v) is 2.91.